The van der Waals surface area contributed by atoms with Crippen molar-refractivity contribution in [2.75, 3.05) is 33.8 Å². The van der Waals surface area contributed by atoms with Gasteiger partial charge in [-0.15, -0.1) is 0 Å². The Morgan fingerprint density at radius 3 is 2.88 bits per heavy atom. The third-order valence-electron chi connectivity index (χ3n) is 3.52. The van der Waals surface area contributed by atoms with Crippen molar-refractivity contribution in [1.29, 1.82) is 0 Å². The lowest BCUT2D eigenvalue weighted by Gasteiger charge is -2.40. The van der Waals surface area contributed by atoms with Gasteiger partial charge in [-0.05, 0) is 32.1 Å². The maximum atomic E-state index is 5.91. The van der Waals surface area contributed by atoms with E-state index >= 15 is 0 Å². The lowest BCUT2D eigenvalue weighted by molar-refractivity contribution is -0.0608. The molecule has 0 saturated carbocycles. The Balaban J connectivity index is 2.28. The topological polar surface area (TPSA) is 24.5 Å². The van der Waals surface area contributed by atoms with E-state index < -0.39 is 0 Å². The van der Waals surface area contributed by atoms with Gasteiger partial charge in [-0.1, -0.05) is 24.3 Å². The highest BCUT2D eigenvalue weighted by Crippen LogP contribution is 2.29. The summed E-state index contributed by atoms with van der Waals surface area (Å²) in [5, 5.41) is 3.23. The number of hydrogen-bond acceptors (Lipinski definition) is 3. The van der Waals surface area contributed by atoms with E-state index in [1.54, 1.807) is 0 Å². The number of nitrogens with one attached hydrogen (secondary N) is 1. The van der Waals surface area contributed by atoms with Gasteiger partial charge in [0.2, 0.25) is 0 Å². The number of morpholine rings is 1. The van der Waals surface area contributed by atoms with E-state index in [0.29, 0.717) is 6.04 Å². The van der Waals surface area contributed by atoms with E-state index in [4.69, 9.17) is 4.74 Å². The van der Waals surface area contributed by atoms with Crippen molar-refractivity contribution in [3.05, 3.63) is 35.4 Å². The highest BCUT2D eigenvalue weighted by Gasteiger charge is 2.31. The molecule has 0 radical (unpaired) electrons. The van der Waals surface area contributed by atoms with Crippen molar-refractivity contribution >= 4 is 0 Å². The molecule has 1 aliphatic heterocycles. The molecule has 1 heterocycles. The van der Waals surface area contributed by atoms with Gasteiger partial charge in [-0.2, -0.15) is 0 Å². The van der Waals surface area contributed by atoms with Crippen LogP contribution in [0.4, 0.5) is 0 Å². The van der Waals surface area contributed by atoms with Crippen LogP contribution in [0.5, 0.6) is 0 Å². The first-order chi connectivity index (χ1) is 8.24. The molecule has 3 nitrogen and oxygen atoms in total. The van der Waals surface area contributed by atoms with Gasteiger partial charge in [0.1, 0.15) is 0 Å². The van der Waals surface area contributed by atoms with E-state index in [1.807, 2.05) is 7.05 Å². The van der Waals surface area contributed by atoms with Gasteiger partial charge in [-0.3, -0.25) is 4.90 Å². The van der Waals surface area contributed by atoms with Gasteiger partial charge in [0.05, 0.1) is 18.8 Å². The Hall–Kier alpha value is -0.900. The van der Waals surface area contributed by atoms with Crippen molar-refractivity contribution in [3.63, 3.8) is 0 Å². The molecular formula is C14H22N2O. The third-order valence-corrected chi connectivity index (χ3v) is 3.52. The minimum Gasteiger partial charge on any atom is -0.374 e. The molecule has 0 spiro atoms. The second-order valence-corrected chi connectivity index (χ2v) is 4.75. The summed E-state index contributed by atoms with van der Waals surface area (Å²) in [5.41, 5.74) is 2.73. The monoisotopic (exact) mass is 234 g/mol. The molecule has 0 amide bonds. The predicted octanol–water partition coefficient (Wildman–Crippen LogP) is 1.59. The van der Waals surface area contributed by atoms with E-state index in [0.717, 1.165) is 19.7 Å². The molecule has 0 bridgehead atoms. The standard InChI is InChI=1S/C14H22N2O/c1-11-6-4-5-7-12(11)14-13(10-15-2)17-9-8-16(14)3/h4-7,13-15H,8-10H2,1-3H3. The van der Waals surface area contributed by atoms with Crippen LogP contribution in [-0.2, 0) is 4.74 Å². The van der Waals surface area contributed by atoms with Crippen LogP contribution in [0.2, 0.25) is 0 Å². The number of hydrogen-bond donors (Lipinski definition) is 1. The van der Waals surface area contributed by atoms with E-state index in [1.165, 1.54) is 11.1 Å². The highest BCUT2D eigenvalue weighted by molar-refractivity contribution is 5.30. The molecule has 2 atom stereocenters. The minimum atomic E-state index is 0.236. The molecule has 17 heavy (non-hydrogen) atoms. The van der Waals surface area contributed by atoms with E-state index in [9.17, 15) is 0 Å². The first-order valence-corrected chi connectivity index (χ1v) is 6.26. The predicted molar refractivity (Wildman–Crippen MR) is 70.2 cm³/mol. The lowest BCUT2D eigenvalue weighted by atomic mass is 9.94. The molecule has 1 fully saturated rings. The largest absolute Gasteiger partial charge is 0.374 e. The fourth-order valence-corrected chi connectivity index (χ4v) is 2.59. The number of rotatable bonds is 3. The van der Waals surface area contributed by atoms with Crippen LogP contribution >= 0.6 is 0 Å². The number of benzene rings is 1. The molecule has 0 aliphatic carbocycles. The Morgan fingerprint density at radius 2 is 2.18 bits per heavy atom. The highest BCUT2D eigenvalue weighted by atomic mass is 16.5. The summed E-state index contributed by atoms with van der Waals surface area (Å²) in [7, 11) is 4.16. The van der Waals surface area contributed by atoms with Gasteiger partial charge >= 0.3 is 0 Å². The zero-order chi connectivity index (χ0) is 12.3. The normalized spacial score (nSPS) is 26.1. The quantitative estimate of drug-likeness (QED) is 0.859. The van der Waals surface area contributed by atoms with Crippen molar-refractivity contribution < 1.29 is 4.74 Å². The summed E-state index contributed by atoms with van der Waals surface area (Å²) in [6, 6.07) is 8.95. The zero-order valence-corrected chi connectivity index (χ0v) is 10.9. The number of ether oxygens (including phenoxy) is 1. The Bertz CT molecular complexity index is 365. The summed E-state index contributed by atoms with van der Waals surface area (Å²) in [4.78, 5) is 2.40. The average Bonchev–Trinajstić information content (AvgIpc) is 2.31. The summed E-state index contributed by atoms with van der Waals surface area (Å²) < 4.78 is 5.91. The summed E-state index contributed by atoms with van der Waals surface area (Å²) in [5.74, 6) is 0. The van der Waals surface area contributed by atoms with E-state index in [-0.39, 0.29) is 6.10 Å². The Morgan fingerprint density at radius 1 is 1.41 bits per heavy atom. The molecular weight excluding hydrogens is 212 g/mol. The molecule has 1 saturated heterocycles. The first kappa shape index (κ1) is 12.6. The van der Waals surface area contributed by atoms with Gasteiger partial charge in [-0.25, -0.2) is 0 Å². The summed E-state index contributed by atoms with van der Waals surface area (Å²) in [6.07, 6.45) is 0.236. The van der Waals surface area contributed by atoms with Crippen LogP contribution in [0.1, 0.15) is 17.2 Å². The summed E-state index contributed by atoms with van der Waals surface area (Å²) >= 11 is 0. The Kier molecular flexibility index (Phi) is 4.15. The molecule has 2 rings (SSSR count). The van der Waals surface area contributed by atoms with Crippen LogP contribution in [0.3, 0.4) is 0 Å². The molecule has 0 aromatic heterocycles. The molecule has 1 aromatic rings. The molecule has 2 unspecified atom stereocenters. The minimum absolute atomic E-state index is 0.236. The lowest BCUT2D eigenvalue weighted by Crippen LogP contribution is -2.47. The van der Waals surface area contributed by atoms with Gasteiger partial charge in [0.25, 0.3) is 0 Å². The smallest absolute Gasteiger partial charge is 0.0896 e. The van der Waals surface area contributed by atoms with Crippen LogP contribution in [0, 0.1) is 6.92 Å². The van der Waals surface area contributed by atoms with Crippen LogP contribution in [0.25, 0.3) is 0 Å². The van der Waals surface area contributed by atoms with Crippen LogP contribution < -0.4 is 5.32 Å². The second-order valence-electron chi connectivity index (χ2n) is 4.75. The fourth-order valence-electron chi connectivity index (χ4n) is 2.59. The number of nitrogens with zero attached hydrogens (tertiary/aromatic N) is 1. The van der Waals surface area contributed by atoms with Crippen molar-refractivity contribution in [2.24, 2.45) is 0 Å². The number of likely N-dealkylation sites (N-methyl/N-ethyl adjacent to an activating group) is 2. The maximum Gasteiger partial charge on any atom is 0.0896 e. The van der Waals surface area contributed by atoms with Gasteiger partial charge in [0, 0.05) is 13.1 Å². The van der Waals surface area contributed by atoms with Gasteiger partial charge < -0.3 is 10.1 Å². The van der Waals surface area contributed by atoms with E-state index in [2.05, 4.69) is 48.5 Å². The zero-order valence-electron chi connectivity index (χ0n) is 10.9. The van der Waals surface area contributed by atoms with Crippen molar-refractivity contribution in [3.8, 4) is 0 Å². The van der Waals surface area contributed by atoms with Crippen molar-refractivity contribution in [1.82, 2.24) is 10.2 Å². The van der Waals surface area contributed by atoms with Crippen LogP contribution in [0.15, 0.2) is 24.3 Å². The molecule has 1 aliphatic rings. The average molecular weight is 234 g/mol. The molecule has 94 valence electrons. The van der Waals surface area contributed by atoms with Crippen molar-refractivity contribution in [2.45, 2.75) is 19.1 Å². The fraction of sp³-hybridized carbons (Fsp3) is 0.571. The van der Waals surface area contributed by atoms with Gasteiger partial charge in [0.15, 0.2) is 0 Å². The third kappa shape index (κ3) is 2.68. The summed E-state index contributed by atoms with van der Waals surface area (Å²) in [6.45, 7) is 4.89. The molecule has 1 N–H and O–H groups in total. The number of aryl methyl sites for hydroxylation is 1. The van der Waals surface area contributed by atoms with Crippen LogP contribution in [-0.4, -0.2) is 44.8 Å². The maximum absolute atomic E-state index is 5.91. The Labute approximate surface area is 104 Å². The second kappa shape index (κ2) is 5.63. The molecule has 1 aromatic carbocycles. The molecule has 3 heteroatoms. The first-order valence-electron chi connectivity index (χ1n) is 6.26. The SMILES string of the molecule is CNCC1OCCN(C)C1c1ccccc1C.